The van der Waals surface area contributed by atoms with Crippen molar-refractivity contribution in [1.82, 2.24) is 14.5 Å². The molecule has 18 heavy (non-hydrogen) atoms. The Balaban J connectivity index is 1.66. The summed E-state index contributed by atoms with van der Waals surface area (Å²) in [5.74, 6) is -0.650. The van der Waals surface area contributed by atoms with Crippen molar-refractivity contribution < 1.29 is 9.90 Å². The Hall–Kier alpha value is -1.36. The van der Waals surface area contributed by atoms with Crippen LogP contribution in [-0.2, 0) is 11.3 Å². The van der Waals surface area contributed by atoms with E-state index in [1.807, 2.05) is 19.4 Å². The zero-order valence-electron chi connectivity index (χ0n) is 10.6. The molecule has 1 N–H and O–H groups in total. The van der Waals surface area contributed by atoms with Gasteiger partial charge in [0.2, 0.25) is 0 Å². The smallest absolute Gasteiger partial charge is 0.308 e. The van der Waals surface area contributed by atoms with E-state index in [4.69, 9.17) is 5.11 Å². The highest BCUT2D eigenvalue weighted by molar-refractivity contribution is 5.71. The van der Waals surface area contributed by atoms with Crippen LogP contribution in [0.3, 0.4) is 0 Å². The fourth-order valence-corrected chi connectivity index (χ4v) is 2.88. The van der Waals surface area contributed by atoms with Gasteiger partial charge in [-0.2, -0.15) is 0 Å². The molecule has 1 saturated carbocycles. The Morgan fingerprint density at radius 3 is 2.89 bits per heavy atom. The van der Waals surface area contributed by atoms with E-state index in [1.54, 1.807) is 0 Å². The number of nitrogens with zero attached hydrogens (tertiary/aromatic N) is 3. The van der Waals surface area contributed by atoms with Gasteiger partial charge >= 0.3 is 5.97 Å². The average molecular weight is 249 g/mol. The minimum Gasteiger partial charge on any atom is -0.481 e. The fourth-order valence-electron chi connectivity index (χ4n) is 2.88. The van der Waals surface area contributed by atoms with Gasteiger partial charge in [-0.05, 0) is 18.8 Å². The second kappa shape index (κ2) is 4.39. The molecule has 1 aliphatic carbocycles. The zero-order chi connectivity index (χ0) is 12.7. The number of rotatable bonds is 4. The van der Waals surface area contributed by atoms with Crippen molar-refractivity contribution in [3.63, 3.8) is 0 Å². The largest absolute Gasteiger partial charge is 0.481 e. The summed E-state index contributed by atoms with van der Waals surface area (Å²) in [5.41, 5.74) is 1.22. The Kier molecular flexibility index (Phi) is 2.86. The molecule has 98 valence electrons. The van der Waals surface area contributed by atoms with Crippen LogP contribution in [0, 0.1) is 11.8 Å². The lowest BCUT2D eigenvalue weighted by atomic mass is 9.99. The number of aliphatic carboxylic acids is 1. The van der Waals surface area contributed by atoms with Crippen molar-refractivity contribution in [3.8, 4) is 0 Å². The highest BCUT2D eigenvalue weighted by atomic mass is 16.4. The summed E-state index contributed by atoms with van der Waals surface area (Å²) in [6.45, 7) is 4.38. The lowest BCUT2D eigenvalue weighted by Crippen LogP contribution is -2.24. The molecular weight excluding hydrogens is 230 g/mol. The maximum atomic E-state index is 11.1. The van der Waals surface area contributed by atoms with E-state index in [0.29, 0.717) is 12.6 Å². The monoisotopic (exact) mass is 249 g/mol. The molecule has 2 atom stereocenters. The van der Waals surface area contributed by atoms with Gasteiger partial charge in [0.15, 0.2) is 0 Å². The van der Waals surface area contributed by atoms with Gasteiger partial charge in [-0.25, -0.2) is 4.98 Å². The van der Waals surface area contributed by atoms with Crippen LogP contribution in [-0.4, -0.2) is 38.6 Å². The summed E-state index contributed by atoms with van der Waals surface area (Å²) < 4.78 is 2.25. The lowest BCUT2D eigenvalue weighted by Gasteiger charge is -2.16. The van der Waals surface area contributed by atoms with Crippen LogP contribution in [0.5, 0.6) is 0 Å². The summed E-state index contributed by atoms with van der Waals surface area (Å²) in [7, 11) is 0. The molecule has 1 saturated heterocycles. The number of carboxylic acids is 1. The summed E-state index contributed by atoms with van der Waals surface area (Å²) in [5, 5.41) is 9.14. The van der Waals surface area contributed by atoms with Gasteiger partial charge in [-0.15, -0.1) is 0 Å². The number of carbonyl (C=O) groups is 1. The first kappa shape index (κ1) is 11.7. The Morgan fingerprint density at radius 2 is 2.28 bits per heavy atom. The number of hydrogen-bond acceptors (Lipinski definition) is 3. The van der Waals surface area contributed by atoms with Gasteiger partial charge in [0, 0.05) is 31.9 Å². The number of imidazole rings is 1. The third-order valence-electron chi connectivity index (χ3n) is 4.08. The second-order valence-electron chi connectivity index (χ2n) is 5.64. The van der Waals surface area contributed by atoms with Crippen LogP contribution in [0.15, 0.2) is 12.5 Å². The van der Waals surface area contributed by atoms with Gasteiger partial charge in [-0.3, -0.25) is 9.69 Å². The van der Waals surface area contributed by atoms with E-state index in [9.17, 15) is 4.79 Å². The lowest BCUT2D eigenvalue weighted by molar-refractivity contribution is -0.142. The first-order chi connectivity index (χ1) is 8.65. The van der Waals surface area contributed by atoms with Gasteiger partial charge in [0.1, 0.15) is 0 Å². The molecule has 1 aliphatic heterocycles. The molecule has 5 nitrogen and oxygen atoms in total. The Labute approximate surface area is 106 Å². The minimum atomic E-state index is -0.666. The highest BCUT2D eigenvalue weighted by Gasteiger charge is 2.35. The first-order valence-electron chi connectivity index (χ1n) is 6.61. The van der Waals surface area contributed by atoms with Crippen LogP contribution in [0.1, 0.15) is 31.5 Å². The molecule has 1 aromatic heterocycles. The molecule has 2 aliphatic rings. The molecule has 0 amide bonds. The van der Waals surface area contributed by atoms with Gasteiger partial charge in [0.25, 0.3) is 0 Å². The van der Waals surface area contributed by atoms with E-state index in [-0.39, 0.29) is 11.8 Å². The van der Waals surface area contributed by atoms with E-state index in [2.05, 4.69) is 14.5 Å². The van der Waals surface area contributed by atoms with Gasteiger partial charge in [0.05, 0.1) is 17.9 Å². The first-order valence-corrected chi connectivity index (χ1v) is 6.61. The SMILES string of the molecule is CC1CN(Cc2cncn2C2CC2)CC1C(=O)O. The predicted molar refractivity (Wildman–Crippen MR) is 66.1 cm³/mol. The normalized spacial score (nSPS) is 28.7. The van der Waals surface area contributed by atoms with Crippen LogP contribution < -0.4 is 0 Å². The molecule has 0 aromatic carbocycles. The molecule has 3 rings (SSSR count). The molecule has 0 radical (unpaired) electrons. The van der Waals surface area contributed by atoms with Gasteiger partial charge in [-0.1, -0.05) is 6.92 Å². The van der Waals surface area contributed by atoms with Crippen molar-refractivity contribution in [3.05, 3.63) is 18.2 Å². The topological polar surface area (TPSA) is 58.4 Å². The summed E-state index contributed by atoms with van der Waals surface area (Å²) in [6, 6.07) is 0.637. The van der Waals surface area contributed by atoms with Crippen LogP contribution in [0.2, 0.25) is 0 Å². The third-order valence-corrected chi connectivity index (χ3v) is 4.08. The molecule has 0 spiro atoms. The van der Waals surface area contributed by atoms with E-state index < -0.39 is 5.97 Å². The minimum absolute atomic E-state index is 0.220. The molecule has 2 unspecified atom stereocenters. The summed E-state index contributed by atoms with van der Waals surface area (Å²) in [6.07, 6.45) is 6.31. The van der Waals surface area contributed by atoms with Crippen molar-refractivity contribution >= 4 is 5.97 Å². The average Bonchev–Trinajstić information content (AvgIpc) is 2.95. The van der Waals surface area contributed by atoms with Crippen molar-refractivity contribution in [1.29, 1.82) is 0 Å². The van der Waals surface area contributed by atoms with Crippen LogP contribution in [0.4, 0.5) is 0 Å². The van der Waals surface area contributed by atoms with Gasteiger partial charge < -0.3 is 9.67 Å². The van der Waals surface area contributed by atoms with Crippen molar-refractivity contribution in [2.45, 2.75) is 32.4 Å². The molecule has 1 aromatic rings. The molecule has 5 heteroatoms. The summed E-state index contributed by atoms with van der Waals surface area (Å²) >= 11 is 0. The van der Waals surface area contributed by atoms with E-state index in [1.165, 1.54) is 18.5 Å². The maximum absolute atomic E-state index is 11.1. The second-order valence-corrected chi connectivity index (χ2v) is 5.64. The van der Waals surface area contributed by atoms with E-state index >= 15 is 0 Å². The molecule has 2 heterocycles. The van der Waals surface area contributed by atoms with E-state index in [0.717, 1.165) is 13.1 Å². The maximum Gasteiger partial charge on any atom is 0.308 e. The summed E-state index contributed by atoms with van der Waals surface area (Å²) in [4.78, 5) is 17.6. The van der Waals surface area contributed by atoms with Crippen molar-refractivity contribution in [2.75, 3.05) is 13.1 Å². The van der Waals surface area contributed by atoms with Crippen LogP contribution >= 0.6 is 0 Å². The number of carboxylic acid groups (broad SMARTS) is 1. The number of likely N-dealkylation sites (tertiary alicyclic amines) is 1. The van der Waals surface area contributed by atoms with Crippen molar-refractivity contribution in [2.24, 2.45) is 11.8 Å². The molecule has 2 fully saturated rings. The number of aromatic nitrogens is 2. The molecular formula is C13H19N3O2. The number of hydrogen-bond donors (Lipinski definition) is 1. The van der Waals surface area contributed by atoms with Crippen LogP contribution in [0.25, 0.3) is 0 Å². The zero-order valence-corrected chi connectivity index (χ0v) is 10.6. The highest BCUT2D eigenvalue weighted by Crippen LogP contribution is 2.36. The fraction of sp³-hybridized carbons (Fsp3) is 0.692. The standard InChI is InChI=1S/C13H19N3O2/c1-9-5-15(7-12(9)13(17)18)6-11-4-14-8-16(11)10-2-3-10/h4,8-10,12H,2-3,5-7H2,1H3,(H,17,18). The molecule has 0 bridgehead atoms. The Morgan fingerprint density at radius 1 is 1.50 bits per heavy atom. The Bertz CT molecular complexity index is 453. The predicted octanol–water partition coefficient (Wildman–Crippen LogP) is 1.37. The quantitative estimate of drug-likeness (QED) is 0.875. The third kappa shape index (κ3) is 2.14.